The Balaban J connectivity index is 5.46. The van der Waals surface area contributed by atoms with Gasteiger partial charge in [-0.3, -0.25) is 14.4 Å². The highest BCUT2D eigenvalue weighted by atomic mass is 35.5. The number of ketones is 3. The molecule has 0 aliphatic rings. The lowest BCUT2D eigenvalue weighted by molar-refractivity contribution is -0.130. The summed E-state index contributed by atoms with van der Waals surface area (Å²) in [6.07, 6.45) is 1.64. The quantitative estimate of drug-likeness (QED) is 0.164. The van der Waals surface area contributed by atoms with Crippen molar-refractivity contribution in [3.63, 3.8) is 0 Å². The first kappa shape index (κ1) is 28.8. The summed E-state index contributed by atoms with van der Waals surface area (Å²) >= 11 is 11.7. The molecule has 0 aromatic rings. The van der Waals surface area contributed by atoms with Crippen molar-refractivity contribution in [2.24, 2.45) is 20.2 Å². The van der Waals surface area contributed by atoms with Gasteiger partial charge in [0.1, 0.15) is 12.1 Å². The highest BCUT2D eigenvalue weighted by molar-refractivity contribution is 7.61. The summed E-state index contributed by atoms with van der Waals surface area (Å²) < 4.78 is 49.9. The average Bonchev–Trinajstić information content (AvgIpc) is 2.69. The van der Waals surface area contributed by atoms with Crippen LogP contribution in [0, 0.1) is 0 Å². The minimum atomic E-state index is -2.93. The molecule has 0 radical (unpaired) electrons. The van der Waals surface area contributed by atoms with Gasteiger partial charge in [-0.2, -0.15) is 25.6 Å². The molecule has 0 amide bonds. The second kappa shape index (κ2) is 15.5. The summed E-state index contributed by atoms with van der Waals surface area (Å²) in [5.41, 5.74) is 10.7. The van der Waals surface area contributed by atoms with Gasteiger partial charge in [-0.1, -0.05) is 0 Å². The first-order valence-electron chi connectivity index (χ1n) is 8.96. The number of halogens is 2. The van der Waals surface area contributed by atoms with Crippen LogP contribution in [-0.4, -0.2) is 70.1 Å². The summed E-state index contributed by atoms with van der Waals surface area (Å²) in [5, 5.41) is -3.90. The van der Waals surface area contributed by atoms with E-state index in [1.54, 1.807) is 0 Å². The fraction of sp³-hybridized carbons (Fsp3) is 0.800. The van der Waals surface area contributed by atoms with Gasteiger partial charge in [-0.15, -0.1) is 23.2 Å². The van der Waals surface area contributed by atoms with E-state index >= 15 is 0 Å². The van der Waals surface area contributed by atoms with Crippen molar-refractivity contribution in [2.75, 3.05) is 13.1 Å². The molecule has 0 rings (SSSR count). The van der Waals surface area contributed by atoms with E-state index in [2.05, 4.69) is 8.73 Å². The molecule has 0 aromatic heterocycles. The van der Waals surface area contributed by atoms with Crippen molar-refractivity contribution in [1.29, 1.82) is 0 Å². The third kappa shape index (κ3) is 10.7. The third-order valence-electron chi connectivity index (χ3n) is 3.95. The van der Waals surface area contributed by atoms with Crippen LogP contribution in [0.5, 0.6) is 0 Å². The average molecular weight is 507 g/mol. The molecule has 4 unspecified atom stereocenters. The zero-order chi connectivity index (χ0) is 23.3. The molecule has 0 saturated heterocycles. The van der Waals surface area contributed by atoms with Crippen LogP contribution in [0.1, 0.15) is 38.5 Å². The van der Waals surface area contributed by atoms with Crippen molar-refractivity contribution < 1.29 is 31.2 Å². The Morgan fingerprint density at radius 2 is 1.00 bits per heavy atom. The van der Waals surface area contributed by atoms with Crippen molar-refractivity contribution in [3.05, 3.63) is 0 Å². The fourth-order valence-corrected chi connectivity index (χ4v) is 3.85. The summed E-state index contributed by atoms with van der Waals surface area (Å²) in [5.74, 6) is -3.28. The molecular formula is C15H24Cl2N4O7S2. The second-order valence-corrected chi connectivity index (χ2v) is 8.34. The number of hydrogen-bond acceptors (Lipinski definition) is 11. The van der Waals surface area contributed by atoms with Gasteiger partial charge in [-0.25, -0.2) is 0 Å². The number of hydrogen-bond donors (Lipinski definition) is 2. The molecule has 0 fully saturated rings. The van der Waals surface area contributed by atoms with Gasteiger partial charge in [0.2, 0.25) is 0 Å². The lowest BCUT2D eigenvalue weighted by Gasteiger charge is -2.17. The van der Waals surface area contributed by atoms with Crippen LogP contribution in [0.25, 0.3) is 0 Å². The largest absolute Gasteiger partial charge is 0.330 e. The number of unbranched alkanes of at least 4 members (excludes halogenated alkanes) is 2. The summed E-state index contributed by atoms with van der Waals surface area (Å²) in [6.45, 7) is 0.609. The number of carbonyl (C=O) groups is 3. The summed E-state index contributed by atoms with van der Waals surface area (Å²) in [6, 6.07) is -2.86. The Morgan fingerprint density at radius 1 is 0.667 bits per heavy atom. The molecular weight excluding hydrogens is 483 g/mol. The summed E-state index contributed by atoms with van der Waals surface area (Å²) in [7, 11) is -5.86. The van der Waals surface area contributed by atoms with Gasteiger partial charge in [-0.05, 0) is 51.6 Å². The Morgan fingerprint density at radius 3 is 1.27 bits per heavy atom. The number of nitrogens with zero attached hydrogens (tertiary/aromatic N) is 2. The van der Waals surface area contributed by atoms with Crippen LogP contribution < -0.4 is 11.5 Å². The van der Waals surface area contributed by atoms with Crippen LogP contribution in [0.15, 0.2) is 8.73 Å². The van der Waals surface area contributed by atoms with Crippen molar-refractivity contribution in [2.45, 2.75) is 61.4 Å². The Kier molecular flexibility index (Phi) is 14.9. The maximum atomic E-state index is 12.4. The van der Waals surface area contributed by atoms with E-state index in [9.17, 15) is 31.2 Å². The lowest BCUT2D eigenvalue weighted by atomic mass is 9.96. The minimum Gasteiger partial charge on any atom is -0.330 e. The van der Waals surface area contributed by atoms with Gasteiger partial charge in [0, 0.05) is 0 Å². The van der Waals surface area contributed by atoms with Crippen LogP contribution in [0.4, 0.5) is 0 Å². The topological polar surface area (TPSA) is 196 Å². The molecule has 0 saturated carbocycles. The predicted molar refractivity (Wildman–Crippen MR) is 110 cm³/mol. The Labute approximate surface area is 187 Å². The van der Waals surface area contributed by atoms with E-state index in [1.807, 2.05) is 0 Å². The Bertz CT molecular complexity index is 791. The molecule has 30 heavy (non-hydrogen) atoms. The molecule has 4 atom stereocenters. The van der Waals surface area contributed by atoms with Gasteiger partial charge >= 0.3 is 21.0 Å². The molecule has 0 aliphatic heterocycles. The standard InChI is InChI=1S/C15H24Cl2N4O7S2/c16-11(13(22)9(20-29(25)26)5-1-3-7-18)15(24)12(17)14(23)10(21-30(27)28)6-2-4-8-19/h9-12H,1-8,18-19H2. The molecule has 0 aromatic carbocycles. The van der Waals surface area contributed by atoms with E-state index in [4.69, 9.17) is 34.7 Å². The van der Waals surface area contributed by atoms with E-state index in [1.165, 1.54) is 0 Å². The Hall–Kier alpha value is -1.25. The molecule has 15 heteroatoms. The fourth-order valence-electron chi connectivity index (χ4n) is 2.41. The molecule has 0 spiro atoms. The second-order valence-electron chi connectivity index (χ2n) is 6.18. The number of Topliss-reactive ketones (excluding diaryl/α,β-unsaturated/α-hetero) is 3. The van der Waals surface area contributed by atoms with Crippen LogP contribution in [0.3, 0.4) is 0 Å². The molecule has 172 valence electrons. The number of nitrogens with two attached hydrogens (primary N) is 2. The smallest absolute Gasteiger partial charge is 0.311 e. The predicted octanol–water partition coefficient (Wildman–Crippen LogP) is 0.0291. The van der Waals surface area contributed by atoms with Gasteiger partial charge in [0.25, 0.3) is 0 Å². The zero-order valence-corrected chi connectivity index (χ0v) is 19.1. The number of rotatable bonds is 16. The number of carbonyl (C=O) groups excluding carboxylic acids is 3. The zero-order valence-electron chi connectivity index (χ0n) is 15.9. The van der Waals surface area contributed by atoms with Crippen molar-refractivity contribution in [1.82, 2.24) is 0 Å². The monoisotopic (exact) mass is 506 g/mol. The highest BCUT2D eigenvalue weighted by Crippen LogP contribution is 2.19. The normalized spacial score (nSPS) is 14.8. The third-order valence-corrected chi connectivity index (χ3v) is 5.66. The first-order valence-corrected chi connectivity index (χ1v) is 11.9. The molecule has 0 heterocycles. The van der Waals surface area contributed by atoms with E-state index < -0.39 is 61.2 Å². The van der Waals surface area contributed by atoms with Crippen LogP contribution >= 0.6 is 23.2 Å². The lowest BCUT2D eigenvalue weighted by Crippen LogP contribution is -2.42. The minimum absolute atomic E-state index is 0.0202. The SMILES string of the molecule is NCCCCC(N=S(=O)=O)C(=O)C(Cl)C(=O)C(Cl)C(=O)C(CCCCN)N=S(=O)=O. The highest BCUT2D eigenvalue weighted by Gasteiger charge is 2.39. The van der Waals surface area contributed by atoms with Crippen molar-refractivity contribution >= 4 is 61.6 Å². The van der Waals surface area contributed by atoms with E-state index in [0.717, 1.165) is 0 Å². The molecule has 0 bridgehead atoms. The van der Waals surface area contributed by atoms with E-state index in [-0.39, 0.29) is 12.8 Å². The molecule has 11 nitrogen and oxygen atoms in total. The van der Waals surface area contributed by atoms with Gasteiger partial charge in [0.15, 0.2) is 28.1 Å². The van der Waals surface area contributed by atoms with Crippen LogP contribution in [-0.2, 0) is 35.4 Å². The van der Waals surface area contributed by atoms with Crippen molar-refractivity contribution in [3.8, 4) is 0 Å². The van der Waals surface area contributed by atoms with Gasteiger partial charge in [0.05, 0.1) is 0 Å². The molecule has 4 N–H and O–H groups in total. The molecule has 0 aliphatic carbocycles. The maximum absolute atomic E-state index is 12.4. The summed E-state index contributed by atoms with van der Waals surface area (Å²) in [4.78, 5) is 37.3. The first-order chi connectivity index (χ1) is 14.1. The van der Waals surface area contributed by atoms with Crippen LogP contribution in [0.2, 0.25) is 0 Å². The number of alkyl halides is 2. The van der Waals surface area contributed by atoms with E-state index in [0.29, 0.717) is 38.8 Å². The van der Waals surface area contributed by atoms with Gasteiger partial charge < -0.3 is 11.5 Å². The maximum Gasteiger partial charge on any atom is 0.311 e.